The van der Waals surface area contributed by atoms with Gasteiger partial charge in [-0.2, -0.15) is 0 Å². The molecule has 1 aliphatic heterocycles. The van der Waals surface area contributed by atoms with Crippen LogP contribution in [0.15, 0.2) is 43.6 Å². The molecule has 2 N–H and O–H groups in total. The van der Waals surface area contributed by atoms with Crippen molar-refractivity contribution in [3.05, 3.63) is 49.1 Å². The summed E-state index contributed by atoms with van der Waals surface area (Å²) < 4.78 is 31.0. The zero-order valence-electron chi connectivity index (χ0n) is 11.5. The van der Waals surface area contributed by atoms with Crippen molar-refractivity contribution in [1.29, 1.82) is 0 Å². The molecule has 1 heterocycles. The van der Waals surface area contributed by atoms with Gasteiger partial charge in [0.15, 0.2) is 0 Å². The summed E-state index contributed by atoms with van der Waals surface area (Å²) in [5.41, 5.74) is 2.19. The van der Waals surface area contributed by atoms with Crippen LogP contribution in [0.5, 0.6) is 0 Å². The minimum absolute atomic E-state index is 0.0128. The Morgan fingerprint density at radius 2 is 2.00 bits per heavy atom. The normalized spacial score (nSPS) is 15.2. The van der Waals surface area contributed by atoms with Gasteiger partial charge in [-0.05, 0) is 0 Å². The summed E-state index contributed by atoms with van der Waals surface area (Å²) in [5, 5.41) is 7.76. The molecule has 1 atom stereocenters. The quantitative estimate of drug-likeness (QED) is 0.751. The molecule has 7 heteroatoms. The molecule has 0 unspecified atom stereocenters. The van der Waals surface area contributed by atoms with Crippen LogP contribution >= 0.6 is 0 Å². The predicted octanol–water partition coefficient (Wildman–Crippen LogP) is 1.70. The zero-order chi connectivity index (χ0) is 15.5. The van der Waals surface area contributed by atoms with E-state index >= 15 is 0 Å². The Labute approximate surface area is 135 Å². The van der Waals surface area contributed by atoms with Crippen molar-refractivity contribution < 1.29 is 18.3 Å². The van der Waals surface area contributed by atoms with Gasteiger partial charge in [-0.3, -0.25) is 0 Å². The summed E-state index contributed by atoms with van der Waals surface area (Å²) in [7, 11) is -3.98. The van der Waals surface area contributed by atoms with E-state index in [1.807, 2.05) is 16.8 Å². The molecule has 1 aliphatic rings. The van der Waals surface area contributed by atoms with Gasteiger partial charge in [-0.15, -0.1) is 0 Å². The number of hydrogen-bond acceptors (Lipinski definition) is 3. The molecule has 0 aliphatic carbocycles. The van der Waals surface area contributed by atoms with Crippen molar-refractivity contribution in [3.63, 3.8) is 0 Å². The average molecular weight is 408 g/mol. The number of aliphatic carboxylic acids is 1. The van der Waals surface area contributed by atoms with E-state index in [9.17, 15) is 18.3 Å². The van der Waals surface area contributed by atoms with Crippen LogP contribution in [0.4, 0.5) is 5.69 Å². The molecule has 2 rings (SSSR count). The molecule has 1 aromatic carbocycles. The second kappa shape index (κ2) is 6.70. The molecular formula is C14H15InNO4S. The number of carboxylic acid groups (broad SMARTS) is 1. The fraction of sp³-hybridized carbons (Fsp3) is 0.214. The van der Waals surface area contributed by atoms with Crippen LogP contribution in [0.1, 0.15) is 12.0 Å². The average Bonchev–Trinajstić information content (AvgIpc) is 2.91. The van der Waals surface area contributed by atoms with Crippen LogP contribution in [-0.2, 0) is 14.8 Å². The fourth-order valence-electron chi connectivity index (χ4n) is 1.95. The van der Waals surface area contributed by atoms with Gasteiger partial charge in [0.05, 0.1) is 0 Å². The molecule has 0 amide bonds. The molecule has 0 fully saturated rings. The van der Waals surface area contributed by atoms with Gasteiger partial charge in [-0.1, -0.05) is 0 Å². The SMILES string of the molecule is Cc1ccc(NS(=O)(=O)[C@@H](CC2=[CH][In][CH]=C2)C(=O)O)cc1. The van der Waals surface area contributed by atoms with Crippen LogP contribution in [0.2, 0.25) is 0 Å². The number of benzene rings is 1. The van der Waals surface area contributed by atoms with E-state index < -0.39 is 44.1 Å². The number of rotatable bonds is 6. The van der Waals surface area contributed by atoms with Crippen molar-refractivity contribution >= 4 is 44.6 Å². The molecule has 0 bridgehead atoms. The van der Waals surface area contributed by atoms with E-state index in [0.29, 0.717) is 5.69 Å². The Kier molecular flexibility index (Phi) is 5.16. The van der Waals surface area contributed by atoms with Crippen molar-refractivity contribution in [2.24, 2.45) is 0 Å². The summed E-state index contributed by atoms with van der Waals surface area (Å²) in [6.07, 6.45) is 1.86. The summed E-state index contributed by atoms with van der Waals surface area (Å²) in [4.78, 5) is 11.3. The summed E-state index contributed by atoms with van der Waals surface area (Å²) in [5.74, 6) is -1.33. The van der Waals surface area contributed by atoms with Gasteiger partial charge in [0, 0.05) is 0 Å². The molecular weight excluding hydrogens is 393 g/mol. The number of allylic oxidation sites excluding steroid dienone is 2. The Morgan fingerprint density at radius 1 is 1.33 bits per heavy atom. The molecule has 21 heavy (non-hydrogen) atoms. The summed E-state index contributed by atoms with van der Waals surface area (Å²) in [6, 6.07) is 6.78. The minimum atomic E-state index is -3.98. The molecule has 0 aromatic heterocycles. The molecule has 1 aromatic rings. The maximum absolute atomic E-state index is 12.3. The van der Waals surface area contributed by atoms with Gasteiger partial charge in [-0.25, -0.2) is 0 Å². The first-order chi connectivity index (χ1) is 9.88. The van der Waals surface area contributed by atoms with Crippen molar-refractivity contribution in [2.75, 3.05) is 4.72 Å². The van der Waals surface area contributed by atoms with E-state index in [2.05, 4.69) is 8.55 Å². The van der Waals surface area contributed by atoms with Gasteiger partial charge < -0.3 is 0 Å². The number of carboxylic acids is 1. The van der Waals surface area contributed by atoms with Crippen LogP contribution in [0, 0.1) is 6.92 Å². The number of sulfonamides is 1. The number of anilines is 1. The van der Waals surface area contributed by atoms with Gasteiger partial charge in [0.25, 0.3) is 0 Å². The first kappa shape index (κ1) is 16.2. The second-order valence-electron chi connectivity index (χ2n) is 4.84. The number of hydrogen-bond donors (Lipinski definition) is 2. The first-order valence-corrected chi connectivity index (χ1v) is 11.8. The van der Waals surface area contributed by atoms with E-state index in [0.717, 1.165) is 11.1 Å². The Hall–Kier alpha value is -1.21. The topological polar surface area (TPSA) is 83.5 Å². The van der Waals surface area contributed by atoms with E-state index in [-0.39, 0.29) is 6.42 Å². The zero-order valence-corrected chi connectivity index (χ0v) is 15.6. The molecule has 5 nitrogen and oxygen atoms in total. The van der Waals surface area contributed by atoms with Crippen molar-refractivity contribution in [1.82, 2.24) is 0 Å². The third-order valence-electron chi connectivity index (χ3n) is 3.11. The van der Waals surface area contributed by atoms with Crippen molar-refractivity contribution in [3.8, 4) is 0 Å². The Morgan fingerprint density at radius 3 is 2.52 bits per heavy atom. The Bertz CT molecular complexity index is 692. The fourth-order valence-corrected chi connectivity index (χ4v) is 5.99. The van der Waals surface area contributed by atoms with Crippen LogP contribution < -0.4 is 4.72 Å². The third-order valence-corrected chi connectivity index (χ3v) is 7.71. The standard InChI is InChI=1S/C14H15NO4S.In/c1-4-10(2)9-13(14(16)17)20(18,19)15-12-7-5-11(3)6-8-12;/h1-2,4-8,13,15H,9H2,3H3,(H,16,17);/t13-;/m0./s1. The molecule has 109 valence electrons. The van der Waals surface area contributed by atoms with Crippen molar-refractivity contribution in [2.45, 2.75) is 18.6 Å². The van der Waals surface area contributed by atoms with Crippen LogP contribution in [0.25, 0.3) is 0 Å². The van der Waals surface area contributed by atoms with Crippen LogP contribution in [-0.4, -0.2) is 47.6 Å². The monoisotopic (exact) mass is 408 g/mol. The molecule has 1 radical (unpaired) electrons. The summed E-state index contributed by atoms with van der Waals surface area (Å²) >= 11 is -0.849. The van der Waals surface area contributed by atoms with Crippen LogP contribution in [0.3, 0.4) is 0 Å². The van der Waals surface area contributed by atoms with Gasteiger partial charge in [0.2, 0.25) is 0 Å². The number of nitrogens with one attached hydrogen (secondary N) is 1. The molecule has 0 spiro atoms. The number of aryl methyl sites for hydroxylation is 1. The van der Waals surface area contributed by atoms with E-state index in [1.54, 1.807) is 24.3 Å². The summed E-state index contributed by atoms with van der Waals surface area (Å²) in [6.45, 7) is 1.89. The van der Waals surface area contributed by atoms with Gasteiger partial charge >= 0.3 is 135 Å². The second-order valence-corrected chi connectivity index (χ2v) is 9.85. The third kappa shape index (κ3) is 4.38. The first-order valence-electron chi connectivity index (χ1n) is 6.40. The maximum atomic E-state index is 12.3. The van der Waals surface area contributed by atoms with E-state index in [4.69, 9.17) is 0 Å². The molecule has 0 saturated carbocycles. The molecule has 0 saturated heterocycles. The predicted molar refractivity (Wildman–Crippen MR) is 82.7 cm³/mol. The number of carbonyl (C=O) groups is 1. The van der Waals surface area contributed by atoms with Gasteiger partial charge in [0.1, 0.15) is 0 Å². The Balaban J connectivity index is 2.19. The van der Waals surface area contributed by atoms with E-state index in [1.165, 1.54) is 0 Å².